The molecular weight excluding hydrogens is 112 g/mol. The zero-order chi connectivity index (χ0) is 7.28. The van der Waals surface area contributed by atoms with Crippen LogP contribution >= 0.6 is 0 Å². The third kappa shape index (κ3) is 3.09. The van der Waals surface area contributed by atoms with Crippen molar-refractivity contribution >= 4 is 0 Å². The van der Waals surface area contributed by atoms with Gasteiger partial charge < -0.3 is 5.11 Å². The topological polar surface area (TPSA) is 20.2 Å². The normalized spacial score (nSPS) is 15.2. The van der Waals surface area contributed by atoms with Crippen LogP contribution in [0.1, 0.15) is 20.3 Å². The van der Waals surface area contributed by atoms with Crippen molar-refractivity contribution in [2.45, 2.75) is 26.4 Å². The van der Waals surface area contributed by atoms with Crippen molar-refractivity contribution in [3.8, 4) is 0 Å². The molecule has 0 fully saturated rings. The summed E-state index contributed by atoms with van der Waals surface area (Å²) >= 11 is 0. The van der Waals surface area contributed by atoms with E-state index in [0.29, 0.717) is 6.42 Å². The van der Waals surface area contributed by atoms with Crippen molar-refractivity contribution in [1.29, 1.82) is 0 Å². The van der Waals surface area contributed by atoms with Crippen LogP contribution in [-0.4, -0.2) is 11.2 Å². The zero-order valence-corrected chi connectivity index (χ0v) is 6.09. The van der Waals surface area contributed by atoms with E-state index in [1.54, 1.807) is 6.08 Å². The second-order valence-electron chi connectivity index (χ2n) is 2.07. The fraction of sp³-hybridized carbons (Fsp3) is 0.500. The second-order valence-corrected chi connectivity index (χ2v) is 2.07. The van der Waals surface area contributed by atoms with Gasteiger partial charge in [0.05, 0.1) is 6.10 Å². The fourth-order valence-electron chi connectivity index (χ4n) is 0.536. The highest BCUT2D eigenvalue weighted by molar-refractivity contribution is 5.04. The molecule has 0 bridgehead atoms. The van der Waals surface area contributed by atoms with Crippen LogP contribution in [0.15, 0.2) is 24.3 Å². The van der Waals surface area contributed by atoms with E-state index in [1.165, 1.54) is 0 Å². The lowest BCUT2D eigenvalue weighted by molar-refractivity contribution is 0.214. The summed E-state index contributed by atoms with van der Waals surface area (Å²) in [7, 11) is 0. The van der Waals surface area contributed by atoms with E-state index in [1.807, 2.05) is 19.9 Å². The minimum atomic E-state index is -0.326. The molecule has 0 amide bonds. The maximum atomic E-state index is 9.18. The van der Waals surface area contributed by atoms with Crippen LogP contribution < -0.4 is 0 Å². The predicted octanol–water partition coefficient (Wildman–Crippen LogP) is 1.89. The predicted molar refractivity (Wildman–Crippen MR) is 40.3 cm³/mol. The molecule has 1 atom stereocenters. The van der Waals surface area contributed by atoms with Gasteiger partial charge in [0.15, 0.2) is 0 Å². The number of allylic oxidation sites excluding steroid dienone is 1. The second kappa shape index (κ2) is 4.33. The Morgan fingerprint density at radius 1 is 1.78 bits per heavy atom. The number of rotatable bonds is 3. The molecule has 52 valence electrons. The van der Waals surface area contributed by atoms with Crippen molar-refractivity contribution in [2.75, 3.05) is 0 Å². The van der Waals surface area contributed by atoms with Gasteiger partial charge in [0, 0.05) is 0 Å². The largest absolute Gasteiger partial charge is 0.388 e. The average Bonchev–Trinajstić information content (AvgIpc) is 1.87. The fourth-order valence-corrected chi connectivity index (χ4v) is 0.536. The van der Waals surface area contributed by atoms with Crippen LogP contribution in [0.2, 0.25) is 0 Å². The van der Waals surface area contributed by atoms with Gasteiger partial charge in [-0.2, -0.15) is 0 Å². The molecule has 0 radical (unpaired) electrons. The average molecular weight is 126 g/mol. The highest BCUT2D eigenvalue weighted by Crippen LogP contribution is 2.04. The van der Waals surface area contributed by atoms with E-state index < -0.39 is 0 Å². The van der Waals surface area contributed by atoms with Crippen molar-refractivity contribution < 1.29 is 5.11 Å². The molecule has 0 aromatic carbocycles. The lowest BCUT2D eigenvalue weighted by Gasteiger charge is -2.06. The maximum absolute atomic E-state index is 9.18. The Bertz CT molecular complexity index is 114. The third-order valence-corrected chi connectivity index (χ3v) is 1.37. The summed E-state index contributed by atoms with van der Waals surface area (Å²) < 4.78 is 0. The summed E-state index contributed by atoms with van der Waals surface area (Å²) in [4.78, 5) is 0. The smallest absolute Gasteiger partial charge is 0.0781 e. The molecule has 0 heterocycles. The summed E-state index contributed by atoms with van der Waals surface area (Å²) in [5.74, 6) is 0. The Balaban J connectivity index is 3.72. The molecule has 0 unspecified atom stereocenters. The van der Waals surface area contributed by atoms with Gasteiger partial charge in [-0.15, -0.1) is 6.58 Å². The first kappa shape index (κ1) is 8.44. The first-order valence-electron chi connectivity index (χ1n) is 3.14. The van der Waals surface area contributed by atoms with E-state index in [-0.39, 0.29) is 6.10 Å². The summed E-state index contributed by atoms with van der Waals surface area (Å²) in [5, 5.41) is 9.18. The number of aliphatic hydroxyl groups is 1. The summed E-state index contributed by atoms with van der Waals surface area (Å²) in [6, 6.07) is 0. The first-order valence-corrected chi connectivity index (χ1v) is 3.14. The Labute approximate surface area is 56.7 Å². The van der Waals surface area contributed by atoms with E-state index in [9.17, 15) is 5.11 Å². The minimum Gasteiger partial charge on any atom is -0.388 e. The summed E-state index contributed by atoms with van der Waals surface area (Å²) in [5.41, 5.74) is 1.01. The molecule has 0 saturated heterocycles. The lowest BCUT2D eigenvalue weighted by atomic mass is 10.1. The summed E-state index contributed by atoms with van der Waals surface area (Å²) in [6.07, 6.45) is 3.95. The van der Waals surface area contributed by atoms with Crippen molar-refractivity contribution in [1.82, 2.24) is 0 Å². The highest BCUT2D eigenvalue weighted by atomic mass is 16.3. The van der Waals surface area contributed by atoms with Gasteiger partial charge in [-0.25, -0.2) is 0 Å². The summed E-state index contributed by atoms with van der Waals surface area (Å²) in [6.45, 7) is 7.36. The quantitative estimate of drug-likeness (QED) is 0.572. The van der Waals surface area contributed by atoms with Gasteiger partial charge in [-0.3, -0.25) is 0 Å². The van der Waals surface area contributed by atoms with Gasteiger partial charge in [-0.05, 0) is 25.8 Å². The molecule has 0 aliphatic carbocycles. The molecule has 1 heteroatoms. The van der Waals surface area contributed by atoms with Gasteiger partial charge in [0.2, 0.25) is 0 Å². The van der Waals surface area contributed by atoms with Gasteiger partial charge in [0.25, 0.3) is 0 Å². The van der Waals surface area contributed by atoms with Gasteiger partial charge in [0.1, 0.15) is 0 Å². The molecule has 0 saturated carbocycles. The SMILES string of the molecule is C=CC[C@H](O)/C(C)=C/C. The number of hydrogen-bond acceptors (Lipinski definition) is 1. The molecular formula is C8H14O. The van der Waals surface area contributed by atoms with E-state index >= 15 is 0 Å². The monoisotopic (exact) mass is 126 g/mol. The third-order valence-electron chi connectivity index (χ3n) is 1.37. The van der Waals surface area contributed by atoms with Crippen LogP contribution in [0.3, 0.4) is 0 Å². The van der Waals surface area contributed by atoms with Crippen LogP contribution in [-0.2, 0) is 0 Å². The molecule has 1 nitrogen and oxygen atoms in total. The van der Waals surface area contributed by atoms with Crippen molar-refractivity contribution in [3.63, 3.8) is 0 Å². The Kier molecular flexibility index (Phi) is 4.06. The van der Waals surface area contributed by atoms with E-state index in [2.05, 4.69) is 6.58 Å². The van der Waals surface area contributed by atoms with Crippen molar-refractivity contribution in [3.05, 3.63) is 24.3 Å². The number of hydrogen-bond donors (Lipinski definition) is 1. The molecule has 9 heavy (non-hydrogen) atoms. The van der Waals surface area contributed by atoms with Crippen molar-refractivity contribution in [2.24, 2.45) is 0 Å². The number of aliphatic hydroxyl groups excluding tert-OH is 1. The van der Waals surface area contributed by atoms with Crippen LogP contribution in [0, 0.1) is 0 Å². The standard InChI is InChI=1S/C8H14O/c1-4-6-8(9)7(3)5-2/h4-5,8-9H,1,6H2,2-3H3/b7-5+/t8-/m0/s1. The molecule has 0 aromatic rings. The lowest BCUT2D eigenvalue weighted by Crippen LogP contribution is -2.05. The highest BCUT2D eigenvalue weighted by Gasteiger charge is 2.00. The molecule has 0 aliphatic rings. The van der Waals surface area contributed by atoms with E-state index in [4.69, 9.17) is 0 Å². The molecule has 0 rings (SSSR count). The van der Waals surface area contributed by atoms with Crippen LogP contribution in [0.25, 0.3) is 0 Å². The maximum Gasteiger partial charge on any atom is 0.0781 e. The molecule has 1 N–H and O–H groups in total. The zero-order valence-electron chi connectivity index (χ0n) is 6.09. The van der Waals surface area contributed by atoms with Gasteiger partial charge in [-0.1, -0.05) is 12.2 Å². The van der Waals surface area contributed by atoms with Gasteiger partial charge >= 0.3 is 0 Å². The van der Waals surface area contributed by atoms with Crippen LogP contribution in [0.4, 0.5) is 0 Å². The molecule has 0 aromatic heterocycles. The minimum absolute atomic E-state index is 0.326. The van der Waals surface area contributed by atoms with Crippen LogP contribution in [0.5, 0.6) is 0 Å². The first-order chi connectivity index (χ1) is 4.22. The Hall–Kier alpha value is -0.560. The van der Waals surface area contributed by atoms with E-state index in [0.717, 1.165) is 5.57 Å². The molecule has 0 spiro atoms. The molecule has 0 aliphatic heterocycles. The Morgan fingerprint density at radius 3 is 2.67 bits per heavy atom. The Morgan fingerprint density at radius 2 is 2.33 bits per heavy atom.